The highest BCUT2D eigenvalue weighted by Gasteiger charge is 2.58. The maximum Gasteiger partial charge on any atom is 0.339 e. The van der Waals surface area contributed by atoms with Crippen molar-refractivity contribution in [2.45, 2.75) is 11.8 Å². The van der Waals surface area contributed by atoms with E-state index in [2.05, 4.69) is 4.18 Å². The number of halogens is 4. The van der Waals surface area contributed by atoms with Gasteiger partial charge >= 0.3 is 22.0 Å². The Bertz CT molecular complexity index is 1100. The zero-order chi connectivity index (χ0) is 22.0. The molecule has 3 aromatic carbocycles. The minimum atomic E-state index is -4.56. The minimum absolute atomic E-state index is 0.214. The van der Waals surface area contributed by atoms with Crippen LogP contribution in [-0.2, 0) is 22.0 Å². The molecular formula is C21H16F4O4S. The van der Waals surface area contributed by atoms with E-state index in [0.717, 1.165) is 30.5 Å². The van der Waals surface area contributed by atoms with Crippen molar-refractivity contribution in [3.63, 3.8) is 0 Å². The molecule has 0 radical (unpaired) electrons. The smallest absolute Gasteiger partial charge is 0.339 e. The van der Waals surface area contributed by atoms with Gasteiger partial charge in [-0.2, -0.15) is 26.0 Å². The first kappa shape index (κ1) is 21.6. The van der Waals surface area contributed by atoms with Crippen LogP contribution in [0.4, 0.5) is 17.6 Å². The molecule has 0 fully saturated rings. The number of alkyl halides is 4. The van der Waals surface area contributed by atoms with Gasteiger partial charge in [0.25, 0.3) is 0 Å². The molecule has 0 amide bonds. The second-order valence-electron chi connectivity index (χ2n) is 6.40. The van der Waals surface area contributed by atoms with Crippen LogP contribution in [0.5, 0.6) is 17.2 Å². The summed E-state index contributed by atoms with van der Waals surface area (Å²) in [4.78, 5) is 0. The summed E-state index contributed by atoms with van der Waals surface area (Å²) in [6.07, 6.45) is 0.773. The van der Waals surface area contributed by atoms with Crippen LogP contribution in [0.1, 0.15) is 11.1 Å². The van der Waals surface area contributed by atoms with Crippen molar-refractivity contribution in [2.24, 2.45) is 0 Å². The molecule has 0 saturated carbocycles. The fourth-order valence-electron chi connectivity index (χ4n) is 2.61. The van der Waals surface area contributed by atoms with Crippen LogP contribution >= 0.6 is 0 Å². The van der Waals surface area contributed by atoms with E-state index in [1.165, 1.54) is 12.1 Å². The Hall–Kier alpha value is -3.07. The highest BCUT2D eigenvalue weighted by atomic mass is 32.2. The van der Waals surface area contributed by atoms with Gasteiger partial charge in [-0.05, 0) is 60.7 Å². The zero-order valence-corrected chi connectivity index (χ0v) is 16.4. The van der Waals surface area contributed by atoms with Crippen LogP contribution in [0, 0.1) is 0 Å². The van der Waals surface area contributed by atoms with Crippen molar-refractivity contribution in [2.75, 3.05) is 6.26 Å². The number of para-hydroxylation sites is 1. The van der Waals surface area contributed by atoms with Gasteiger partial charge in [0.2, 0.25) is 0 Å². The van der Waals surface area contributed by atoms with Gasteiger partial charge in [-0.15, -0.1) is 0 Å². The lowest BCUT2D eigenvalue weighted by Gasteiger charge is -2.27. The molecule has 30 heavy (non-hydrogen) atoms. The molecule has 0 bridgehead atoms. The molecule has 0 aliphatic carbocycles. The molecule has 0 saturated heterocycles. The molecule has 0 aromatic heterocycles. The Morgan fingerprint density at radius 2 is 1.03 bits per heavy atom. The summed E-state index contributed by atoms with van der Waals surface area (Å²) in [5.74, 6) is -8.66. The van der Waals surface area contributed by atoms with E-state index in [1.54, 1.807) is 30.3 Å². The molecule has 0 unspecified atom stereocenters. The van der Waals surface area contributed by atoms with E-state index in [0.29, 0.717) is 17.9 Å². The normalized spacial score (nSPS) is 12.4. The van der Waals surface area contributed by atoms with Gasteiger partial charge in [-0.3, -0.25) is 0 Å². The average Bonchev–Trinajstić information content (AvgIpc) is 2.68. The third-order valence-corrected chi connectivity index (χ3v) is 4.55. The first-order valence-electron chi connectivity index (χ1n) is 8.58. The molecule has 0 aliphatic heterocycles. The topological polar surface area (TPSA) is 52.6 Å². The van der Waals surface area contributed by atoms with Crippen LogP contribution < -0.4 is 8.92 Å². The van der Waals surface area contributed by atoms with Crippen LogP contribution in [0.2, 0.25) is 0 Å². The third-order valence-electron chi connectivity index (χ3n) is 4.05. The summed E-state index contributed by atoms with van der Waals surface area (Å²) in [7, 11) is -3.87. The first-order chi connectivity index (χ1) is 14.0. The summed E-state index contributed by atoms with van der Waals surface area (Å²) in [5.41, 5.74) is -1.89. The zero-order valence-electron chi connectivity index (χ0n) is 15.6. The quantitative estimate of drug-likeness (QED) is 0.349. The molecule has 9 heteroatoms. The second-order valence-corrected chi connectivity index (χ2v) is 7.98. The summed E-state index contributed by atoms with van der Waals surface area (Å²) in [5, 5.41) is 0. The molecule has 158 valence electrons. The number of benzene rings is 3. The SMILES string of the molecule is CS(=O)(=O)Oc1ccc(C(F)(F)C(F)(F)c2ccc(Oc3ccccc3)cc2)cc1. The minimum Gasteiger partial charge on any atom is -0.457 e. The number of ether oxygens (including phenoxy) is 1. The molecule has 3 rings (SSSR count). The summed E-state index contributed by atoms with van der Waals surface area (Å²) in [6.45, 7) is 0. The van der Waals surface area contributed by atoms with Crippen LogP contribution in [0.25, 0.3) is 0 Å². The predicted octanol–water partition coefficient (Wildman–Crippen LogP) is 5.70. The summed E-state index contributed by atoms with van der Waals surface area (Å²) < 4.78 is 90.6. The maximum absolute atomic E-state index is 14.6. The summed E-state index contributed by atoms with van der Waals surface area (Å²) in [6, 6.07) is 15.8. The fourth-order valence-corrected chi connectivity index (χ4v) is 3.07. The van der Waals surface area contributed by atoms with Crippen LogP contribution in [0.3, 0.4) is 0 Å². The average molecular weight is 440 g/mol. The molecule has 0 aliphatic rings. The molecule has 0 N–H and O–H groups in total. The van der Waals surface area contributed by atoms with E-state index in [1.807, 2.05) is 0 Å². The first-order valence-corrected chi connectivity index (χ1v) is 10.4. The highest BCUT2D eigenvalue weighted by Crippen LogP contribution is 2.50. The van der Waals surface area contributed by atoms with Crippen molar-refractivity contribution in [3.05, 3.63) is 90.0 Å². The van der Waals surface area contributed by atoms with Gasteiger partial charge in [0.15, 0.2) is 0 Å². The highest BCUT2D eigenvalue weighted by molar-refractivity contribution is 7.86. The molecular weight excluding hydrogens is 424 g/mol. The van der Waals surface area contributed by atoms with E-state index < -0.39 is 33.1 Å². The van der Waals surface area contributed by atoms with Crippen molar-refractivity contribution < 1.29 is 34.9 Å². The van der Waals surface area contributed by atoms with E-state index in [9.17, 15) is 26.0 Å². The number of rotatable bonds is 7. The maximum atomic E-state index is 14.6. The van der Waals surface area contributed by atoms with Gasteiger partial charge in [-0.1, -0.05) is 18.2 Å². The monoisotopic (exact) mass is 440 g/mol. The number of hydrogen-bond acceptors (Lipinski definition) is 4. The van der Waals surface area contributed by atoms with Gasteiger partial charge in [0.05, 0.1) is 6.26 Å². The molecule has 0 spiro atoms. The number of hydrogen-bond donors (Lipinski definition) is 0. The second kappa shape index (κ2) is 7.98. The van der Waals surface area contributed by atoms with Crippen molar-refractivity contribution in [1.82, 2.24) is 0 Å². The lowest BCUT2D eigenvalue weighted by atomic mass is 9.96. The molecule has 0 atom stereocenters. The van der Waals surface area contributed by atoms with Gasteiger partial charge in [0.1, 0.15) is 17.2 Å². The van der Waals surface area contributed by atoms with Crippen molar-refractivity contribution >= 4 is 10.1 Å². The Balaban J connectivity index is 1.82. The Labute approximate surface area is 170 Å². The van der Waals surface area contributed by atoms with E-state index in [-0.39, 0.29) is 11.5 Å². The van der Waals surface area contributed by atoms with Crippen LogP contribution in [-0.4, -0.2) is 14.7 Å². The van der Waals surface area contributed by atoms with Gasteiger partial charge in [-0.25, -0.2) is 0 Å². The molecule has 3 aromatic rings. The largest absolute Gasteiger partial charge is 0.457 e. The third kappa shape index (κ3) is 4.73. The molecule has 4 nitrogen and oxygen atoms in total. The van der Waals surface area contributed by atoms with Gasteiger partial charge in [0, 0.05) is 11.1 Å². The van der Waals surface area contributed by atoms with Crippen molar-refractivity contribution in [3.8, 4) is 17.2 Å². The van der Waals surface area contributed by atoms with E-state index in [4.69, 9.17) is 4.74 Å². The lowest BCUT2D eigenvalue weighted by molar-refractivity contribution is -0.223. The predicted molar refractivity (Wildman–Crippen MR) is 103 cm³/mol. The molecule has 0 heterocycles. The van der Waals surface area contributed by atoms with Gasteiger partial charge < -0.3 is 8.92 Å². The van der Waals surface area contributed by atoms with Crippen molar-refractivity contribution in [1.29, 1.82) is 0 Å². The van der Waals surface area contributed by atoms with Crippen LogP contribution in [0.15, 0.2) is 78.9 Å². The Kier molecular flexibility index (Phi) is 5.76. The Morgan fingerprint density at radius 3 is 1.47 bits per heavy atom. The fraction of sp³-hybridized carbons (Fsp3) is 0.143. The lowest BCUT2D eigenvalue weighted by Crippen LogP contribution is -2.35. The standard InChI is InChI=1S/C21H16F4O4S/c1-30(26,27)29-19-13-9-16(10-14-19)21(24,25)20(22,23)15-7-11-18(12-8-15)28-17-5-3-2-4-6-17/h2-14H,1H3. The Morgan fingerprint density at radius 1 is 0.633 bits per heavy atom. The van der Waals surface area contributed by atoms with E-state index >= 15 is 0 Å². The summed E-state index contributed by atoms with van der Waals surface area (Å²) >= 11 is 0.